The van der Waals surface area contributed by atoms with Gasteiger partial charge in [0, 0.05) is 19.1 Å². The molecule has 2 rings (SSSR count). The minimum atomic E-state index is -3.00. The molecule has 1 fully saturated rings. The van der Waals surface area contributed by atoms with Gasteiger partial charge in [0.2, 0.25) is 0 Å². The molecule has 1 aromatic heterocycles. The van der Waals surface area contributed by atoms with E-state index in [0.717, 1.165) is 18.9 Å². The summed E-state index contributed by atoms with van der Waals surface area (Å²) in [7, 11) is -3.00. The molecule has 0 saturated carbocycles. The summed E-state index contributed by atoms with van der Waals surface area (Å²) in [6.07, 6.45) is 2.06. The van der Waals surface area contributed by atoms with Gasteiger partial charge in [-0.3, -0.25) is 0 Å². The summed E-state index contributed by atoms with van der Waals surface area (Å²) in [5.41, 5.74) is 0.578. The normalized spacial score (nSPS) is 19.6. The van der Waals surface area contributed by atoms with Crippen LogP contribution in [0.2, 0.25) is 0 Å². The van der Waals surface area contributed by atoms with Gasteiger partial charge in [0.15, 0.2) is 9.84 Å². The van der Waals surface area contributed by atoms with E-state index >= 15 is 0 Å². The number of hydrogen-bond donors (Lipinski definition) is 2. The molecule has 0 aliphatic carbocycles. The van der Waals surface area contributed by atoms with Crippen LogP contribution in [0.15, 0.2) is 18.3 Å². The number of nitrogens with one attached hydrogen (secondary N) is 2. The topological polar surface area (TPSA) is 91.4 Å². The van der Waals surface area contributed by atoms with Crippen molar-refractivity contribution in [3.8, 4) is 0 Å². The Bertz CT molecular complexity index is 611. The van der Waals surface area contributed by atoms with Crippen molar-refractivity contribution in [3.63, 3.8) is 0 Å². The van der Waals surface area contributed by atoms with E-state index in [0.29, 0.717) is 12.1 Å². The lowest BCUT2D eigenvalue weighted by Gasteiger charge is -2.19. The quantitative estimate of drug-likeness (QED) is 0.849. The number of pyridine rings is 1. The lowest BCUT2D eigenvalue weighted by atomic mass is 10.3. The third kappa shape index (κ3) is 4.33. The van der Waals surface area contributed by atoms with E-state index in [9.17, 15) is 13.2 Å². The van der Waals surface area contributed by atoms with Crippen LogP contribution in [-0.4, -0.2) is 50.1 Å². The number of rotatable bonds is 5. The summed E-state index contributed by atoms with van der Waals surface area (Å²) < 4.78 is 22.7. The summed E-state index contributed by atoms with van der Waals surface area (Å²) in [5.74, 6) is 1.01. The van der Waals surface area contributed by atoms with Gasteiger partial charge in [0.25, 0.3) is 0 Å². The summed E-state index contributed by atoms with van der Waals surface area (Å²) in [5, 5.41) is 5.35. The molecule has 1 saturated heterocycles. The first-order valence-corrected chi connectivity index (χ1v) is 9.24. The van der Waals surface area contributed by atoms with E-state index in [1.54, 1.807) is 12.3 Å². The van der Waals surface area contributed by atoms with Gasteiger partial charge in [-0.15, -0.1) is 0 Å². The Morgan fingerprint density at radius 3 is 2.59 bits per heavy atom. The first kappa shape index (κ1) is 16.5. The van der Waals surface area contributed by atoms with E-state index in [-0.39, 0.29) is 17.5 Å². The molecule has 7 nitrogen and oxygen atoms in total. The fourth-order valence-corrected chi connectivity index (χ4v) is 4.13. The zero-order valence-corrected chi connectivity index (χ0v) is 13.7. The summed E-state index contributed by atoms with van der Waals surface area (Å²) in [4.78, 5) is 18.3. The largest absolute Gasteiger partial charge is 0.357 e. The van der Waals surface area contributed by atoms with Crippen LogP contribution in [0.5, 0.6) is 0 Å². The van der Waals surface area contributed by atoms with Crippen molar-refractivity contribution in [2.24, 2.45) is 0 Å². The fourth-order valence-electron chi connectivity index (χ4n) is 2.46. The summed E-state index contributed by atoms with van der Waals surface area (Å²) in [6, 6.07) is 2.92. The highest BCUT2D eigenvalue weighted by molar-refractivity contribution is 7.91. The SMILES string of the molecule is CCN(CC)c1ccc(NC(=O)NC2CCS(=O)(=O)C2)cn1. The summed E-state index contributed by atoms with van der Waals surface area (Å²) >= 11 is 0. The van der Waals surface area contributed by atoms with Crippen LogP contribution < -0.4 is 15.5 Å². The zero-order chi connectivity index (χ0) is 16.2. The maximum Gasteiger partial charge on any atom is 0.319 e. The van der Waals surface area contributed by atoms with Gasteiger partial charge >= 0.3 is 6.03 Å². The molecule has 1 aromatic rings. The van der Waals surface area contributed by atoms with Gasteiger partial charge in [0.1, 0.15) is 5.82 Å². The van der Waals surface area contributed by atoms with Crippen LogP contribution in [0.25, 0.3) is 0 Å². The number of nitrogens with zero attached hydrogens (tertiary/aromatic N) is 2. The molecule has 0 radical (unpaired) electrons. The lowest BCUT2D eigenvalue weighted by Crippen LogP contribution is -2.38. The number of sulfone groups is 1. The zero-order valence-electron chi connectivity index (χ0n) is 12.9. The minimum absolute atomic E-state index is 0.0135. The third-order valence-electron chi connectivity index (χ3n) is 3.66. The van der Waals surface area contributed by atoms with E-state index < -0.39 is 15.9 Å². The second-order valence-corrected chi connectivity index (χ2v) is 7.50. The van der Waals surface area contributed by atoms with Gasteiger partial charge in [-0.05, 0) is 32.4 Å². The lowest BCUT2D eigenvalue weighted by molar-refractivity contribution is 0.249. The molecule has 1 aliphatic heterocycles. The van der Waals surface area contributed by atoms with Crippen molar-refractivity contribution in [1.82, 2.24) is 10.3 Å². The molecule has 2 N–H and O–H groups in total. The number of aromatic nitrogens is 1. The predicted molar refractivity (Wildman–Crippen MR) is 87.0 cm³/mol. The molecule has 0 spiro atoms. The number of hydrogen-bond acceptors (Lipinski definition) is 5. The van der Waals surface area contributed by atoms with E-state index in [1.807, 2.05) is 6.07 Å². The van der Waals surface area contributed by atoms with Gasteiger partial charge < -0.3 is 15.5 Å². The van der Waals surface area contributed by atoms with Crippen LogP contribution in [0.4, 0.5) is 16.3 Å². The smallest absolute Gasteiger partial charge is 0.319 e. The highest BCUT2D eigenvalue weighted by atomic mass is 32.2. The van der Waals surface area contributed by atoms with E-state index in [1.165, 1.54) is 0 Å². The number of urea groups is 1. The van der Waals surface area contributed by atoms with Crippen molar-refractivity contribution in [2.75, 3.05) is 34.8 Å². The second-order valence-electron chi connectivity index (χ2n) is 5.28. The van der Waals surface area contributed by atoms with E-state index in [4.69, 9.17) is 0 Å². The Morgan fingerprint density at radius 2 is 2.09 bits per heavy atom. The van der Waals surface area contributed by atoms with Crippen LogP contribution in [-0.2, 0) is 9.84 Å². The minimum Gasteiger partial charge on any atom is -0.357 e. The Balaban J connectivity index is 1.89. The van der Waals surface area contributed by atoms with Crippen molar-refractivity contribution in [2.45, 2.75) is 26.3 Å². The Kier molecular flexibility index (Phi) is 5.23. The standard InChI is InChI=1S/C14H22N4O3S/c1-3-18(4-2)13-6-5-11(9-15-13)16-14(19)17-12-7-8-22(20,21)10-12/h5-6,9,12H,3-4,7-8,10H2,1-2H3,(H2,16,17,19). The predicted octanol–water partition coefficient (Wildman–Crippen LogP) is 1.24. The molecule has 0 aromatic carbocycles. The first-order valence-electron chi connectivity index (χ1n) is 7.42. The molecular weight excluding hydrogens is 304 g/mol. The highest BCUT2D eigenvalue weighted by Gasteiger charge is 2.28. The van der Waals surface area contributed by atoms with Crippen molar-refractivity contribution in [1.29, 1.82) is 0 Å². The Morgan fingerprint density at radius 1 is 1.36 bits per heavy atom. The molecule has 122 valence electrons. The fraction of sp³-hybridized carbons (Fsp3) is 0.571. The average Bonchev–Trinajstić information content (AvgIpc) is 2.81. The number of amides is 2. The highest BCUT2D eigenvalue weighted by Crippen LogP contribution is 2.14. The van der Waals surface area contributed by atoms with Crippen molar-refractivity contribution in [3.05, 3.63) is 18.3 Å². The Labute approximate surface area is 131 Å². The van der Waals surface area contributed by atoms with Crippen LogP contribution in [0.3, 0.4) is 0 Å². The molecule has 0 bridgehead atoms. The van der Waals surface area contributed by atoms with Crippen molar-refractivity contribution < 1.29 is 13.2 Å². The van der Waals surface area contributed by atoms with Crippen molar-refractivity contribution >= 4 is 27.4 Å². The van der Waals surface area contributed by atoms with Crippen LogP contribution in [0.1, 0.15) is 20.3 Å². The first-order chi connectivity index (χ1) is 10.4. The maximum atomic E-state index is 11.9. The third-order valence-corrected chi connectivity index (χ3v) is 5.43. The van der Waals surface area contributed by atoms with Crippen LogP contribution in [0, 0.1) is 0 Å². The molecule has 8 heteroatoms. The molecular formula is C14H22N4O3S. The monoisotopic (exact) mass is 326 g/mol. The number of carbonyl (C=O) groups is 1. The Hall–Kier alpha value is -1.83. The maximum absolute atomic E-state index is 11.9. The van der Waals surface area contributed by atoms with Gasteiger partial charge in [-0.1, -0.05) is 0 Å². The second kappa shape index (κ2) is 6.95. The summed E-state index contributed by atoms with van der Waals surface area (Å²) in [6.45, 7) is 5.85. The average molecular weight is 326 g/mol. The molecule has 2 heterocycles. The molecule has 1 atom stereocenters. The molecule has 1 unspecified atom stereocenters. The van der Waals surface area contributed by atoms with Gasteiger partial charge in [0.05, 0.1) is 23.4 Å². The number of carbonyl (C=O) groups excluding carboxylic acids is 1. The van der Waals surface area contributed by atoms with Crippen LogP contribution >= 0.6 is 0 Å². The van der Waals surface area contributed by atoms with E-state index in [2.05, 4.69) is 34.4 Å². The van der Waals surface area contributed by atoms with Gasteiger partial charge in [-0.2, -0.15) is 0 Å². The van der Waals surface area contributed by atoms with Gasteiger partial charge in [-0.25, -0.2) is 18.2 Å². The number of anilines is 2. The molecule has 2 amide bonds. The molecule has 1 aliphatic rings. The molecule has 22 heavy (non-hydrogen) atoms.